The van der Waals surface area contributed by atoms with Crippen LogP contribution in [-0.4, -0.2) is 49.1 Å². The molecule has 0 bridgehead atoms. The van der Waals surface area contributed by atoms with Crippen molar-refractivity contribution in [2.24, 2.45) is 5.10 Å². The van der Waals surface area contributed by atoms with Gasteiger partial charge in [0.05, 0.1) is 25.0 Å². The summed E-state index contributed by atoms with van der Waals surface area (Å²) in [5.74, 6) is -0.489. The van der Waals surface area contributed by atoms with Crippen molar-refractivity contribution in [3.63, 3.8) is 0 Å². The molecule has 3 aliphatic heterocycles. The molecule has 0 aliphatic carbocycles. The predicted octanol–water partition coefficient (Wildman–Crippen LogP) is -1.89. The first kappa shape index (κ1) is 18.4. The number of ether oxygens (including phenoxy) is 2. The molecule has 0 saturated carbocycles. The normalized spacial score (nSPS) is 25.0. The summed E-state index contributed by atoms with van der Waals surface area (Å²) >= 11 is 5.89. The number of allylic oxidation sites excluding steroid dienone is 1. The van der Waals surface area contributed by atoms with Crippen LogP contribution in [-0.2, 0) is 14.3 Å². The summed E-state index contributed by atoms with van der Waals surface area (Å²) < 4.78 is 11.5. The number of hydrogen-bond acceptors (Lipinski definition) is 5. The van der Waals surface area contributed by atoms with Gasteiger partial charge in [-0.3, -0.25) is 0 Å². The number of hydrogen-bond donors (Lipinski definition) is 1. The Morgan fingerprint density at radius 1 is 1.12 bits per heavy atom. The minimum absolute atomic E-state index is 0. The topological polar surface area (TPSA) is 55.6 Å². The predicted molar refractivity (Wildman–Crippen MR) is 89.1 cm³/mol. The van der Waals surface area contributed by atoms with Gasteiger partial charge < -0.3 is 26.8 Å². The van der Waals surface area contributed by atoms with Gasteiger partial charge in [-0.15, -0.1) is 5.01 Å². The molecule has 1 spiro atoms. The Bertz CT molecular complexity index is 690. The Kier molecular flexibility index (Phi) is 5.46. The third kappa shape index (κ3) is 3.73. The average molecular weight is 384 g/mol. The number of rotatable bonds is 2. The molecule has 134 valence electrons. The zero-order valence-electron chi connectivity index (χ0n) is 13.6. The van der Waals surface area contributed by atoms with Gasteiger partial charge in [0.25, 0.3) is 0 Å². The molecule has 1 amide bonds. The van der Waals surface area contributed by atoms with Crippen LogP contribution in [0.25, 0.3) is 0 Å². The average Bonchev–Trinajstić information content (AvgIpc) is 3.05. The number of halogens is 2. The van der Waals surface area contributed by atoms with E-state index in [1.807, 2.05) is 12.1 Å². The maximum absolute atomic E-state index is 12.4. The lowest BCUT2D eigenvalue weighted by atomic mass is 10.0. The zero-order chi connectivity index (χ0) is 16.6. The number of carbonyl (C=O) groups is 1. The van der Waals surface area contributed by atoms with E-state index in [0.29, 0.717) is 23.2 Å². The Morgan fingerprint density at radius 2 is 1.76 bits per heavy atom. The van der Waals surface area contributed by atoms with Crippen molar-refractivity contribution in [3.8, 4) is 0 Å². The zero-order valence-corrected chi connectivity index (χ0v) is 15.1. The van der Waals surface area contributed by atoms with E-state index in [2.05, 4.69) is 10.0 Å². The van der Waals surface area contributed by atoms with Gasteiger partial charge >= 0.3 is 5.91 Å². The molecular formula is C17H19Cl2N3O3. The van der Waals surface area contributed by atoms with Crippen LogP contribution in [0, 0.1) is 0 Å². The van der Waals surface area contributed by atoms with Gasteiger partial charge in [-0.25, -0.2) is 4.79 Å². The quantitative estimate of drug-likeness (QED) is 0.648. The van der Waals surface area contributed by atoms with E-state index < -0.39 is 5.79 Å². The monoisotopic (exact) mass is 383 g/mol. The van der Waals surface area contributed by atoms with E-state index >= 15 is 0 Å². The number of nitrogens with zero attached hydrogens (tertiary/aromatic N) is 2. The number of amides is 1. The molecule has 2 fully saturated rings. The number of piperidine rings is 1. The number of nitrogens with one attached hydrogen (secondary N) is 1. The molecule has 25 heavy (non-hydrogen) atoms. The summed E-state index contributed by atoms with van der Waals surface area (Å²) in [6, 6.07) is 7.14. The van der Waals surface area contributed by atoms with Gasteiger partial charge in [0.15, 0.2) is 11.5 Å². The SMILES string of the molecule is O=C1C=C(N2CCC3(CC2)OCCO3)C=N[NH+]1c1ccc(Cl)cc1.[Cl-]. The molecular weight excluding hydrogens is 365 g/mol. The largest absolute Gasteiger partial charge is 1.00 e. The first-order chi connectivity index (χ1) is 11.7. The number of benzene rings is 1. The highest BCUT2D eigenvalue weighted by molar-refractivity contribution is 6.30. The van der Waals surface area contributed by atoms with E-state index in [9.17, 15) is 4.79 Å². The van der Waals surface area contributed by atoms with E-state index in [-0.39, 0.29) is 18.3 Å². The third-order valence-corrected chi connectivity index (χ3v) is 4.91. The maximum atomic E-state index is 12.4. The minimum atomic E-state index is -0.409. The summed E-state index contributed by atoms with van der Waals surface area (Å²) in [5.41, 5.74) is 1.63. The fourth-order valence-electron chi connectivity index (χ4n) is 3.32. The Balaban J connectivity index is 0.00000182. The van der Waals surface area contributed by atoms with Crippen LogP contribution in [0.5, 0.6) is 0 Å². The van der Waals surface area contributed by atoms with Crippen LogP contribution < -0.4 is 17.4 Å². The smallest absolute Gasteiger partial charge is 0.370 e. The second-order valence-electron chi connectivity index (χ2n) is 6.14. The summed E-state index contributed by atoms with van der Waals surface area (Å²) in [4.78, 5) is 14.6. The highest BCUT2D eigenvalue weighted by atomic mass is 35.5. The van der Waals surface area contributed by atoms with Crippen LogP contribution in [0.3, 0.4) is 0 Å². The van der Waals surface area contributed by atoms with Crippen molar-refractivity contribution in [3.05, 3.63) is 41.1 Å². The van der Waals surface area contributed by atoms with Crippen molar-refractivity contribution < 1.29 is 31.7 Å². The van der Waals surface area contributed by atoms with Crippen molar-refractivity contribution in [2.75, 3.05) is 26.3 Å². The second kappa shape index (κ2) is 7.43. The molecule has 1 aromatic carbocycles. The molecule has 0 aromatic heterocycles. The van der Waals surface area contributed by atoms with E-state index in [1.54, 1.807) is 24.4 Å². The van der Waals surface area contributed by atoms with Crippen molar-refractivity contribution in [1.29, 1.82) is 0 Å². The lowest BCUT2D eigenvalue weighted by molar-refractivity contribution is -0.753. The summed E-state index contributed by atoms with van der Waals surface area (Å²) in [6.07, 6.45) is 5.03. The number of quaternary nitrogens is 1. The molecule has 2 saturated heterocycles. The van der Waals surface area contributed by atoms with Crippen LogP contribution in [0.2, 0.25) is 5.02 Å². The van der Waals surface area contributed by atoms with E-state index in [1.165, 1.54) is 0 Å². The summed E-state index contributed by atoms with van der Waals surface area (Å²) in [5, 5.41) is 5.47. The Hall–Kier alpha value is -1.44. The molecule has 0 radical (unpaired) electrons. The lowest BCUT2D eigenvalue weighted by Crippen LogP contribution is -3.05. The molecule has 4 rings (SSSR count). The van der Waals surface area contributed by atoms with E-state index in [0.717, 1.165) is 37.3 Å². The van der Waals surface area contributed by atoms with Crippen LogP contribution in [0.15, 0.2) is 41.1 Å². The molecule has 1 atom stereocenters. The van der Waals surface area contributed by atoms with Gasteiger partial charge in [-0.2, -0.15) is 0 Å². The van der Waals surface area contributed by atoms with Gasteiger partial charge in [0.1, 0.15) is 6.21 Å². The fraction of sp³-hybridized carbons (Fsp3) is 0.412. The highest BCUT2D eigenvalue weighted by Crippen LogP contribution is 2.32. The van der Waals surface area contributed by atoms with Gasteiger partial charge in [-0.05, 0) is 12.1 Å². The molecule has 3 aliphatic rings. The first-order valence-corrected chi connectivity index (χ1v) is 8.49. The van der Waals surface area contributed by atoms with E-state index in [4.69, 9.17) is 21.1 Å². The van der Waals surface area contributed by atoms with Gasteiger partial charge in [0, 0.05) is 43.1 Å². The summed E-state index contributed by atoms with van der Waals surface area (Å²) in [7, 11) is 0. The first-order valence-electron chi connectivity index (χ1n) is 8.11. The van der Waals surface area contributed by atoms with Crippen molar-refractivity contribution >= 4 is 29.4 Å². The lowest BCUT2D eigenvalue weighted by Gasteiger charge is -2.39. The second-order valence-corrected chi connectivity index (χ2v) is 6.58. The number of likely N-dealkylation sites (tertiary alicyclic amines) is 1. The third-order valence-electron chi connectivity index (χ3n) is 4.66. The standard InChI is InChI=1S/C17H18ClN3O3.ClH/c18-13-1-3-14(4-2-13)21-16(22)11-15(12-19-21)20-7-5-17(6-8-20)23-9-10-24-17;/h1-4,11-12H,5-10H2;1H. The Morgan fingerprint density at radius 3 is 2.36 bits per heavy atom. The Labute approximate surface area is 157 Å². The van der Waals surface area contributed by atoms with Gasteiger partial charge in [-0.1, -0.05) is 16.7 Å². The molecule has 3 heterocycles. The maximum Gasteiger partial charge on any atom is 0.370 e. The molecule has 6 nitrogen and oxygen atoms in total. The molecule has 1 unspecified atom stereocenters. The highest BCUT2D eigenvalue weighted by Gasteiger charge is 2.40. The molecule has 1 N–H and O–H groups in total. The van der Waals surface area contributed by atoms with Crippen LogP contribution >= 0.6 is 11.6 Å². The molecule has 8 heteroatoms. The molecule has 1 aromatic rings. The van der Waals surface area contributed by atoms with Crippen LogP contribution in [0.1, 0.15) is 12.8 Å². The summed E-state index contributed by atoms with van der Waals surface area (Å²) in [6.45, 7) is 2.92. The van der Waals surface area contributed by atoms with Crippen LogP contribution in [0.4, 0.5) is 5.69 Å². The van der Waals surface area contributed by atoms with Gasteiger partial charge in [0.2, 0.25) is 0 Å². The fourth-order valence-corrected chi connectivity index (χ4v) is 3.45. The van der Waals surface area contributed by atoms with Crippen molar-refractivity contribution in [2.45, 2.75) is 18.6 Å². The van der Waals surface area contributed by atoms with Crippen molar-refractivity contribution in [1.82, 2.24) is 4.90 Å². The minimum Gasteiger partial charge on any atom is -1.00 e. The number of carbonyl (C=O) groups excluding carboxylic acids is 1.